The van der Waals surface area contributed by atoms with Crippen molar-refractivity contribution in [2.75, 3.05) is 39.6 Å². The van der Waals surface area contributed by atoms with Gasteiger partial charge in [0.05, 0.1) is 26.4 Å². The zero-order chi connectivity index (χ0) is 68.6. The number of hydrogen-bond acceptors (Lipinski definition) is 15. The van der Waals surface area contributed by atoms with Crippen LogP contribution in [0, 0.1) is 11.8 Å². The summed E-state index contributed by atoms with van der Waals surface area (Å²) in [5.74, 6) is -0.620. The van der Waals surface area contributed by atoms with Crippen molar-refractivity contribution in [2.45, 2.75) is 400 Å². The molecule has 0 saturated carbocycles. The average molecular weight is 1370 g/mol. The molecule has 0 spiro atoms. The molecule has 3 N–H and O–H groups in total. The van der Waals surface area contributed by atoms with Crippen LogP contribution < -0.4 is 0 Å². The first-order valence-electron chi connectivity index (χ1n) is 38.5. The smallest absolute Gasteiger partial charge is 0.462 e. The van der Waals surface area contributed by atoms with Crippen molar-refractivity contribution in [3.05, 3.63) is 0 Å². The zero-order valence-electron chi connectivity index (χ0n) is 60.6. The van der Waals surface area contributed by atoms with Crippen LogP contribution in [0.2, 0.25) is 0 Å². The van der Waals surface area contributed by atoms with Crippen LogP contribution in [0.1, 0.15) is 382 Å². The van der Waals surface area contributed by atoms with Crippen LogP contribution in [0.5, 0.6) is 0 Å². The third-order valence-corrected chi connectivity index (χ3v) is 19.1. The molecule has 2 unspecified atom stereocenters. The Kier molecular flexibility index (Phi) is 64.6. The van der Waals surface area contributed by atoms with Crippen molar-refractivity contribution in [3.63, 3.8) is 0 Å². The molecule has 0 aromatic rings. The zero-order valence-corrected chi connectivity index (χ0v) is 62.3. The molecule has 0 aliphatic carbocycles. The van der Waals surface area contributed by atoms with Crippen molar-refractivity contribution in [3.8, 4) is 0 Å². The van der Waals surface area contributed by atoms with Gasteiger partial charge in [-0.15, -0.1) is 0 Å². The minimum atomic E-state index is -4.95. The molecule has 0 rings (SSSR count). The fraction of sp³-hybridized carbons (Fsp3) is 0.946. The summed E-state index contributed by atoms with van der Waals surface area (Å²) in [6.45, 7) is 9.53. The molecule has 0 aromatic heterocycles. The Morgan fingerprint density at radius 2 is 0.495 bits per heavy atom. The summed E-state index contributed by atoms with van der Waals surface area (Å²) in [5, 5.41) is 10.6. The Bertz CT molecular complexity index is 1800. The number of phosphoric acid groups is 2. The Hall–Kier alpha value is -1.94. The number of aliphatic hydroxyl groups excluding tert-OH is 1. The monoisotopic (exact) mass is 1370 g/mol. The number of phosphoric ester groups is 2. The van der Waals surface area contributed by atoms with Gasteiger partial charge >= 0.3 is 39.5 Å². The minimum absolute atomic E-state index is 0.106. The topological polar surface area (TPSA) is 237 Å². The number of esters is 4. The van der Waals surface area contributed by atoms with E-state index in [-0.39, 0.29) is 25.7 Å². The lowest BCUT2D eigenvalue weighted by Crippen LogP contribution is -2.30. The van der Waals surface area contributed by atoms with Crippen LogP contribution in [0.25, 0.3) is 0 Å². The first kappa shape index (κ1) is 91.1. The first-order valence-corrected chi connectivity index (χ1v) is 41.5. The van der Waals surface area contributed by atoms with Gasteiger partial charge in [-0.2, -0.15) is 0 Å². The normalized spacial score (nSPS) is 14.1. The van der Waals surface area contributed by atoms with E-state index in [1.807, 2.05) is 0 Å². The van der Waals surface area contributed by atoms with Gasteiger partial charge in [0.25, 0.3) is 0 Å². The van der Waals surface area contributed by atoms with E-state index in [0.29, 0.717) is 31.6 Å². The maximum absolute atomic E-state index is 13.1. The van der Waals surface area contributed by atoms with Crippen molar-refractivity contribution in [2.24, 2.45) is 11.8 Å². The van der Waals surface area contributed by atoms with Gasteiger partial charge in [-0.25, -0.2) is 9.13 Å². The summed E-state index contributed by atoms with van der Waals surface area (Å²) in [6.07, 6.45) is 52.9. The number of rotatable bonds is 73. The number of hydrogen-bond donors (Lipinski definition) is 3. The van der Waals surface area contributed by atoms with Crippen LogP contribution >= 0.6 is 15.6 Å². The van der Waals surface area contributed by atoms with E-state index < -0.39 is 97.5 Å². The molecule has 0 amide bonds. The molecule has 0 fully saturated rings. The van der Waals surface area contributed by atoms with Gasteiger partial charge in [-0.3, -0.25) is 37.3 Å². The lowest BCUT2D eigenvalue weighted by atomic mass is 10.0. The summed E-state index contributed by atoms with van der Waals surface area (Å²) in [4.78, 5) is 72.6. The summed E-state index contributed by atoms with van der Waals surface area (Å²) in [5.41, 5.74) is 0. The second kappa shape index (κ2) is 66.0. The minimum Gasteiger partial charge on any atom is -0.462 e. The summed E-state index contributed by atoms with van der Waals surface area (Å²) in [7, 11) is -9.90. The van der Waals surface area contributed by atoms with Crippen molar-refractivity contribution < 1.29 is 80.2 Å². The summed E-state index contributed by atoms with van der Waals surface area (Å²) >= 11 is 0. The molecule has 17 nitrogen and oxygen atoms in total. The van der Waals surface area contributed by atoms with Gasteiger partial charge in [-0.05, 0) is 37.5 Å². The van der Waals surface area contributed by atoms with Crippen LogP contribution in [0.15, 0.2) is 0 Å². The number of ether oxygens (including phenoxy) is 4. The average Bonchev–Trinajstić information content (AvgIpc) is 1.42. The fourth-order valence-corrected chi connectivity index (χ4v) is 12.9. The van der Waals surface area contributed by atoms with E-state index >= 15 is 0 Å². The molecule has 0 heterocycles. The highest BCUT2D eigenvalue weighted by atomic mass is 31.2. The van der Waals surface area contributed by atoms with Crippen molar-refractivity contribution >= 4 is 39.5 Å². The number of carbonyl (C=O) groups excluding carboxylic acids is 4. The van der Waals surface area contributed by atoms with Gasteiger partial charge in [-0.1, -0.05) is 330 Å². The predicted molar refractivity (Wildman–Crippen MR) is 377 cm³/mol. The van der Waals surface area contributed by atoms with Crippen molar-refractivity contribution in [1.29, 1.82) is 0 Å². The highest BCUT2D eigenvalue weighted by Crippen LogP contribution is 2.45. The van der Waals surface area contributed by atoms with Crippen LogP contribution in [-0.2, 0) is 65.4 Å². The highest BCUT2D eigenvalue weighted by molar-refractivity contribution is 7.47. The van der Waals surface area contributed by atoms with Gasteiger partial charge in [0.2, 0.25) is 0 Å². The quantitative estimate of drug-likeness (QED) is 0.0222. The molecular formula is C74H144O17P2. The Morgan fingerprint density at radius 1 is 0.290 bits per heavy atom. The maximum Gasteiger partial charge on any atom is 0.472 e. The van der Waals surface area contributed by atoms with E-state index in [2.05, 4.69) is 41.5 Å². The van der Waals surface area contributed by atoms with Gasteiger partial charge in [0, 0.05) is 25.7 Å². The van der Waals surface area contributed by atoms with E-state index in [0.717, 1.165) is 102 Å². The Labute approximate surface area is 568 Å². The van der Waals surface area contributed by atoms with E-state index in [4.69, 9.17) is 37.0 Å². The van der Waals surface area contributed by atoms with E-state index in [1.54, 1.807) is 0 Å². The maximum atomic E-state index is 13.1. The van der Waals surface area contributed by atoms with Gasteiger partial charge < -0.3 is 33.8 Å². The first-order chi connectivity index (χ1) is 44.9. The molecule has 0 radical (unpaired) electrons. The molecule has 552 valence electrons. The molecule has 19 heteroatoms. The summed E-state index contributed by atoms with van der Waals surface area (Å²) in [6, 6.07) is 0. The van der Waals surface area contributed by atoms with Gasteiger partial charge in [0.15, 0.2) is 12.2 Å². The number of aliphatic hydroxyl groups is 1. The lowest BCUT2D eigenvalue weighted by molar-refractivity contribution is -0.161. The van der Waals surface area contributed by atoms with Crippen LogP contribution in [-0.4, -0.2) is 96.7 Å². The SMILES string of the molecule is CCCCCCCCCCCCCCC(=O)OC[C@H](COP(=O)(O)OC[C@@H](O)COP(=O)(O)OC[C@@H](COC(=O)CCCCCCCCC(C)C)OC(=O)CCCCCCCCCCCCC)OC(=O)CCCCCCCCCCCCCCCCCCCCC(C)C. The largest absolute Gasteiger partial charge is 0.472 e. The number of unbranched alkanes of at least 4 members (excludes halogenated alkanes) is 43. The van der Waals surface area contributed by atoms with E-state index in [1.165, 1.54) is 193 Å². The highest BCUT2D eigenvalue weighted by Gasteiger charge is 2.30. The van der Waals surface area contributed by atoms with E-state index in [9.17, 15) is 43.2 Å². The molecule has 5 atom stereocenters. The Morgan fingerprint density at radius 3 is 0.731 bits per heavy atom. The molecule has 0 aliphatic heterocycles. The Balaban J connectivity index is 5.17. The molecule has 93 heavy (non-hydrogen) atoms. The number of carbonyl (C=O) groups is 4. The standard InChI is InChI=1S/C74H144O17P2/c1-7-9-11-13-15-17-19-30-33-37-44-50-56-71(76)84-62-69(90-74(79)59-53-47-39-35-31-27-25-23-21-20-22-24-26-29-32-36-42-48-54-66(3)4)64-88-92(80,81)86-60-68(75)61-87-93(82,83)89-65-70(63-85-72(77)57-51-45-41-40-43-49-55-67(5)6)91-73(78)58-52-46-38-34-28-18-16-14-12-10-8-2/h66-70,75H,7-65H2,1-6H3,(H,80,81)(H,82,83)/t68-,69-,70-/m1/s1. The fourth-order valence-electron chi connectivity index (χ4n) is 11.3. The molecular weight excluding hydrogens is 1220 g/mol. The second-order valence-electron chi connectivity index (χ2n) is 27.6. The van der Waals surface area contributed by atoms with Crippen LogP contribution in [0.3, 0.4) is 0 Å². The van der Waals surface area contributed by atoms with Crippen LogP contribution in [0.4, 0.5) is 0 Å². The molecule has 0 saturated heterocycles. The molecule has 0 aliphatic rings. The van der Waals surface area contributed by atoms with Crippen molar-refractivity contribution in [1.82, 2.24) is 0 Å². The third-order valence-electron chi connectivity index (χ3n) is 17.2. The van der Waals surface area contributed by atoms with Gasteiger partial charge in [0.1, 0.15) is 19.3 Å². The molecule has 0 bridgehead atoms. The molecule has 0 aromatic carbocycles. The summed E-state index contributed by atoms with van der Waals surface area (Å²) < 4.78 is 68.4. The second-order valence-corrected chi connectivity index (χ2v) is 30.5. The predicted octanol–water partition coefficient (Wildman–Crippen LogP) is 21.6. The third kappa shape index (κ3) is 68.4. The lowest BCUT2D eigenvalue weighted by Gasteiger charge is -2.21.